The summed E-state index contributed by atoms with van der Waals surface area (Å²) in [5.41, 5.74) is 1.97. The van der Waals surface area contributed by atoms with Crippen molar-refractivity contribution in [2.45, 2.75) is 38.1 Å². The minimum Gasteiger partial charge on any atom is -0.491 e. The predicted octanol–water partition coefficient (Wildman–Crippen LogP) is 3.82. The Morgan fingerprint density at radius 3 is 2.48 bits per heavy atom. The summed E-state index contributed by atoms with van der Waals surface area (Å²) >= 11 is 0. The van der Waals surface area contributed by atoms with Crippen molar-refractivity contribution in [3.8, 4) is 5.75 Å². The fourth-order valence-electron chi connectivity index (χ4n) is 3.55. The third-order valence-corrected chi connectivity index (χ3v) is 5.21. The van der Waals surface area contributed by atoms with E-state index >= 15 is 0 Å². The molecule has 1 fully saturated rings. The molecule has 0 heterocycles. The van der Waals surface area contributed by atoms with Gasteiger partial charge in [0, 0.05) is 30.1 Å². The van der Waals surface area contributed by atoms with Crippen molar-refractivity contribution >= 4 is 23.2 Å². The van der Waals surface area contributed by atoms with Crippen molar-refractivity contribution < 1.29 is 19.1 Å². The van der Waals surface area contributed by atoms with Crippen LogP contribution in [-0.4, -0.2) is 44.7 Å². The Balaban J connectivity index is 1.45. The molecule has 0 atom stereocenters. The summed E-state index contributed by atoms with van der Waals surface area (Å²) in [5.74, 6) is 0.467. The van der Waals surface area contributed by atoms with Gasteiger partial charge >= 0.3 is 0 Å². The van der Waals surface area contributed by atoms with Gasteiger partial charge in [0.2, 0.25) is 5.91 Å². The molecule has 0 aromatic heterocycles. The second-order valence-electron chi connectivity index (χ2n) is 7.66. The van der Waals surface area contributed by atoms with Crippen LogP contribution in [0.3, 0.4) is 0 Å². The minimum atomic E-state index is -0.190. The molecular weight excluding hydrogens is 394 g/mol. The third kappa shape index (κ3) is 7.61. The third-order valence-electron chi connectivity index (χ3n) is 5.21. The van der Waals surface area contributed by atoms with E-state index in [9.17, 15) is 9.59 Å². The molecule has 1 saturated carbocycles. The lowest BCUT2D eigenvalue weighted by molar-refractivity contribution is -0.114. The lowest BCUT2D eigenvalue weighted by Crippen LogP contribution is -2.36. The van der Waals surface area contributed by atoms with E-state index in [0.29, 0.717) is 24.5 Å². The highest BCUT2D eigenvalue weighted by Gasteiger charge is 2.17. The number of benzene rings is 2. The van der Waals surface area contributed by atoms with E-state index in [1.165, 1.54) is 6.42 Å². The molecule has 2 amide bonds. The average molecular weight is 426 g/mol. The normalized spacial score (nSPS) is 14.0. The SMILES string of the molecule is COCCOc1ccc(NCC(=O)Nc2cccc(C(=O)NC3CCCCC3)c2)cc1. The number of hydrogen-bond acceptors (Lipinski definition) is 5. The summed E-state index contributed by atoms with van der Waals surface area (Å²) in [5, 5.41) is 9.02. The van der Waals surface area contributed by atoms with Gasteiger partial charge in [-0.2, -0.15) is 0 Å². The van der Waals surface area contributed by atoms with Gasteiger partial charge in [0.25, 0.3) is 5.91 Å². The first-order chi connectivity index (χ1) is 15.1. The van der Waals surface area contributed by atoms with Crippen LogP contribution in [0.4, 0.5) is 11.4 Å². The van der Waals surface area contributed by atoms with Gasteiger partial charge in [-0.05, 0) is 55.3 Å². The Hall–Kier alpha value is -3.06. The topological polar surface area (TPSA) is 88.7 Å². The van der Waals surface area contributed by atoms with Gasteiger partial charge in [-0.15, -0.1) is 0 Å². The molecule has 0 radical (unpaired) electrons. The monoisotopic (exact) mass is 425 g/mol. The molecule has 0 spiro atoms. The van der Waals surface area contributed by atoms with E-state index in [4.69, 9.17) is 9.47 Å². The quantitative estimate of drug-likeness (QED) is 0.504. The zero-order chi connectivity index (χ0) is 21.9. The Labute approximate surface area is 183 Å². The number of nitrogens with one attached hydrogen (secondary N) is 3. The van der Waals surface area contributed by atoms with Gasteiger partial charge in [-0.25, -0.2) is 0 Å². The molecule has 2 aromatic carbocycles. The van der Waals surface area contributed by atoms with Crippen molar-refractivity contribution in [3.63, 3.8) is 0 Å². The second-order valence-corrected chi connectivity index (χ2v) is 7.66. The lowest BCUT2D eigenvalue weighted by Gasteiger charge is -2.22. The van der Waals surface area contributed by atoms with E-state index in [1.807, 2.05) is 24.3 Å². The van der Waals surface area contributed by atoms with E-state index in [0.717, 1.165) is 37.1 Å². The molecule has 31 heavy (non-hydrogen) atoms. The number of amides is 2. The molecule has 7 heteroatoms. The van der Waals surface area contributed by atoms with Crippen LogP contribution in [0, 0.1) is 0 Å². The minimum absolute atomic E-state index is 0.0890. The van der Waals surface area contributed by atoms with Crippen molar-refractivity contribution in [2.24, 2.45) is 0 Å². The van der Waals surface area contributed by atoms with Gasteiger partial charge in [0.15, 0.2) is 0 Å². The van der Waals surface area contributed by atoms with Crippen LogP contribution in [0.25, 0.3) is 0 Å². The Bertz CT molecular complexity index is 848. The molecule has 3 rings (SSSR count). The van der Waals surface area contributed by atoms with Crippen molar-refractivity contribution in [3.05, 3.63) is 54.1 Å². The highest BCUT2D eigenvalue weighted by Crippen LogP contribution is 2.19. The largest absolute Gasteiger partial charge is 0.491 e. The van der Waals surface area contributed by atoms with Crippen LogP contribution in [-0.2, 0) is 9.53 Å². The Morgan fingerprint density at radius 1 is 0.968 bits per heavy atom. The molecule has 166 valence electrons. The lowest BCUT2D eigenvalue weighted by atomic mass is 9.95. The van der Waals surface area contributed by atoms with Crippen molar-refractivity contribution in [1.82, 2.24) is 5.32 Å². The molecule has 0 bridgehead atoms. The first kappa shape index (κ1) is 22.6. The van der Waals surface area contributed by atoms with E-state index in [2.05, 4.69) is 16.0 Å². The Morgan fingerprint density at radius 2 is 1.74 bits per heavy atom. The van der Waals surface area contributed by atoms with Crippen LogP contribution in [0.1, 0.15) is 42.5 Å². The molecule has 3 N–H and O–H groups in total. The number of ether oxygens (including phenoxy) is 2. The fourth-order valence-corrected chi connectivity index (χ4v) is 3.55. The summed E-state index contributed by atoms with van der Waals surface area (Å²) < 4.78 is 10.5. The maximum Gasteiger partial charge on any atom is 0.251 e. The highest BCUT2D eigenvalue weighted by atomic mass is 16.5. The van der Waals surface area contributed by atoms with E-state index in [1.54, 1.807) is 31.4 Å². The number of rotatable bonds is 10. The summed E-state index contributed by atoms with van der Waals surface area (Å²) in [6, 6.07) is 14.7. The molecule has 0 aliphatic heterocycles. The van der Waals surface area contributed by atoms with Gasteiger partial charge in [-0.1, -0.05) is 25.3 Å². The first-order valence-corrected chi connectivity index (χ1v) is 10.8. The predicted molar refractivity (Wildman–Crippen MR) is 122 cm³/mol. The van der Waals surface area contributed by atoms with Crippen LogP contribution in [0.15, 0.2) is 48.5 Å². The highest BCUT2D eigenvalue weighted by molar-refractivity contribution is 5.98. The zero-order valence-electron chi connectivity index (χ0n) is 18.0. The zero-order valence-corrected chi connectivity index (χ0v) is 18.0. The van der Waals surface area contributed by atoms with Gasteiger partial charge in [0.05, 0.1) is 13.2 Å². The molecular formula is C24H31N3O4. The molecule has 0 unspecified atom stereocenters. The van der Waals surface area contributed by atoms with E-state index < -0.39 is 0 Å². The maximum atomic E-state index is 12.5. The summed E-state index contributed by atoms with van der Waals surface area (Å²) in [6.45, 7) is 1.13. The first-order valence-electron chi connectivity index (χ1n) is 10.8. The average Bonchev–Trinajstić information content (AvgIpc) is 2.79. The van der Waals surface area contributed by atoms with E-state index in [-0.39, 0.29) is 24.4 Å². The van der Waals surface area contributed by atoms with Gasteiger partial charge in [-0.3, -0.25) is 9.59 Å². The molecule has 1 aliphatic carbocycles. The molecule has 7 nitrogen and oxygen atoms in total. The van der Waals surface area contributed by atoms with Crippen LogP contribution >= 0.6 is 0 Å². The Kier molecular flexibility index (Phi) is 8.72. The van der Waals surface area contributed by atoms with Gasteiger partial charge in [0.1, 0.15) is 12.4 Å². The number of carbonyl (C=O) groups excluding carboxylic acids is 2. The fraction of sp³-hybridized carbons (Fsp3) is 0.417. The molecule has 1 aliphatic rings. The van der Waals surface area contributed by atoms with Gasteiger partial charge < -0.3 is 25.4 Å². The molecule has 0 saturated heterocycles. The van der Waals surface area contributed by atoms with Crippen molar-refractivity contribution in [1.29, 1.82) is 0 Å². The summed E-state index contributed by atoms with van der Waals surface area (Å²) in [6.07, 6.45) is 5.64. The van der Waals surface area contributed by atoms with Crippen LogP contribution < -0.4 is 20.7 Å². The van der Waals surface area contributed by atoms with Crippen LogP contribution in [0.5, 0.6) is 5.75 Å². The number of hydrogen-bond donors (Lipinski definition) is 3. The molecule has 2 aromatic rings. The van der Waals surface area contributed by atoms with Crippen LogP contribution in [0.2, 0.25) is 0 Å². The number of methoxy groups -OCH3 is 1. The smallest absolute Gasteiger partial charge is 0.251 e. The summed E-state index contributed by atoms with van der Waals surface area (Å²) in [7, 11) is 1.63. The summed E-state index contributed by atoms with van der Waals surface area (Å²) in [4.78, 5) is 24.8. The van der Waals surface area contributed by atoms with Crippen molar-refractivity contribution in [2.75, 3.05) is 37.5 Å². The standard InChI is InChI=1S/C24H31N3O4/c1-30-14-15-31-22-12-10-19(11-13-22)25-17-23(28)26-21-9-5-6-18(16-21)24(29)27-20-7-3-2-4-8-20/h5-6,9-13,16,20,25H,2-4,7-8,14-15,17H2,1H3,(H,26,28)(H,27,29). The maximum absolute atomic E-state index is 12.5. The number of anilines is 2. The number of carbonyl (C=O) groups is 2. The second kappa shape index (κ2) is 12.0.